The van der Waals surface area contributed by atoms with E-state index in [1.54, 1.807) is 24.3 Å². The number of ether oxygens (including phenoxy) is 2. The molecule has 1 aliphatic heterocycles. The van der Waals surface area contributed by atoms with Crippen molar-refractivity contribution in [1.82, 2.24) is 5.32 Å². The van der Waals surface area contributed by atoms with E-state index in [1.807, 2.05) is 0 Å². The Balaban J connectivity index is 1.59. The summed E-state index contributed by atoms with van der Waals surface area (Å²) in [6, 6.07) is 8.76. The SMILES string of the molecule is O=C(NC(=O)c1ccc2c(c1)OCCO2)Nc1ccc(CC(O)CCO)c(Cl)c1. The minimum absolute atomic E-state index is 0.115. The third-order valence-corrected chi connectivity index (χ3v) is 4.61. The number of nitrogens with one attached hydrogen (secondary N) is 2. The highest BCUT2D eigenvalue weighted by atomic mass is 35.5. The molecule has 8 nitrogen and oxygen atoms in total. The first kappa shape index (κ1) is 20.9. The van der Waals surface area contributed by atoms with E-state index in [2.05, 4.69) is 10.6 Å². The van der Waals surface area contributed by atoms with Gasteiger partial charge < -0.3 is 25.0 Å². The van der Waals surface area contributed by atoms with Crippen LogP contribution in [0.3, 0.4) is 0 Å². The lowest BCUT2D eigenvalue weighted by atomic mass is 10.1. The van der Waals surface area contributed by atoms with Gasteiger partial charge in [-0.15, -0.1) is 0 Å². The molecule has 1 aliphatic rings. The second-order valence-electron chi connectivity index (χ2n) is 6.44. The summed E-state index contributed by atoms with van der Waals surface area (Å²) in [6.07, 6.45) is -0.168. The number of halogens is 1. The highest BCUT2D eigenvalue weighted by molar-refractivity contribution is 6.31. The number of urea groups is 1. The summed E-state index contributed by atoms with van der Waals surface area (Å²) >= 11 is 6.19. The van der Waals surface area contributed by atoms with Crippen LogP contribution in [0.1, 0.15) is 22.3 Å². The highest BCUT2D eigenvalue weighted by Gasteiger charge is 2.17. The third-order valence-electron chi connectivity index (χ3n) is 4.26. The van der Waals surface area contributed by atoms with Crippen molar-refractivity contribution in [3.63, 3.8) is 0 Å². The van der Waals surface area contributed by atoms with Crippen LogP contribution in [-0.4, -0.2) is 48.1 Å². The van der Waals surface area contributed by atoms with Gasteiger partial charge in [-0.1, -0.05) is 17.7 Å². The van der Waals surface area contributed by atoms with Crippen LogP contribution in [0.25, 0.3) is 0 Å². The Morgan fingerprint density at radius 2 is 1.86 bits per heavy atom. The number of hydrogen-bond acceptors (Lipinski definition) is 6. The van der Waals surface area contributed by atoms with Crippen LogP contribution in [0.5, 0.6) is 11.5 Å². The Bertz CT molecular complexity index is 905. The van der Waals surface area contributed by atoms with Crippen LogP contribution in [0.4, 0.5) is 10.5 Å². The zero-order valence-electron chi connectivity index (χ0n) is 15.5. The Morgan fingerprint density at radius 3 is 2.59 bits per heavy atom. The monoisotopic (exact) mass is 420 g/mol. The molecule has 2 aromatic carbocycles. The molecule has 1 heterocycles. The van der Waals surface area contributed by atoms with Gasteiger partial charge in [0.15, 0.2) is 11.5 Å². The number of amides is 3. The molecule has 1 atom stereocenters. The molecular formula is C20H21ClN2O6. The minimum Gasteiger partial charge on any atom is -0.486 e. The van der Waals surface area contributed by atoms with Crippen molar-refractivity contribution in [2.75, 3.05) is 25.1 Å². The van der Waals surface area contributed by atoms with E-state index in [0.717, 1.165) is 0 Å². The van der Waals surface area contributed by atoms with Crippen LogP contribution >= 0.6 is 11.6 Å². The fourth-order valence-corrected chi connectivity index (χ4v) is 3.08. The highest BCUT2D eigenvalue weighted by Crippen LogP contribution is 2.30. The molecule has 0 aliphatic carbocycles. The molecule has 3 amide bonds. The Labute approximate surface area is 172 Å². The number of aliphatic hydroxyl groups excluding tert-OH is 2. The zero-order chi connectivity index (χ0) is 20.8. The average Bonchev–Trinajstić information content (AvgIpc) is 2.69. The lowest BCUT2D eigenvalue weighted by Crippen LogP contribution is -2.34. The van der Waals surface area contributed by atoms with Gasteiger partial charge in [0.2, 0.25) is 0 Å². The number of fused-ring (bicyclic) bond motifs is 1. The summed E-state index contributed by atoms with van der Waals surface area (Å²) in [5.41, 5.74) is 1.34. The van der Waals surface area contributed by atoms with Crippen LogP contribution in [-0.2, 0) is 6.42 Å². The number of carbonyl (C=O) groups is 2. The van der Waals surface area contributed by atoms with E-state index in [1.165, 1.54) is 12.1 Å². The first-order valence-electron chi connectivity index (χ1n) is 9.05. The van der Waals surface area contributed by atoms with Crippen molar-refractivity contribution in [1.29, 1.82) is 0 Å². The number of imide groups is 1. The number of aliphatic hydroxyl groups is 2. The van der Waals surface area contributed by atoms with Crippen molar-refractivity contribution in [2.45, 2.75) is 18.9 Å². The molecular weight excluding hydrogens is 400 g/mol. The van der Waals surface area contributed by atoms with Gasteiger partial charge in [-0.3, -0.25) is 10.1 Å². The molecule has 0 spiro atoms. The summed E-state index contributed by atoms with van der Waals surface area (Å²) in [4.78, 5) is 24.4. The lowest BCUT2D eigenvalue weighted by Gasteiger charge is -2.18. The van der Waals surface area contributed by atoms with Gasteiger partial charge in [0.05, 0.1) is 6.10 Å². The van der Waals surface area contributed by atoms with E-state index in [0.29, 0.717) is 41.0 Å². The Kier molecular flexibility index (Phi) is 6.92. The van der Waals surface area contributed by atoms with E-state index in [9.17, 15) is 14.7 Å². The number of rotatable bonds is 6. The third kappa shape index (κ3) is 5.60. The lowest BCUT2D eigenvalue weighted by molar-refractivity contribution is 0.0965. The van der Waals surface area contributed by atoms with Crippen LogP contribution in [0.15, 0.2) is 36.4 Å². The summed E-state index contributed by atoms with van der Waals surface area (Å²) in [5, 5.41) is 23.8. The van der Waals surface area contributed by atoms with Gasteiger partial charge in [-0.05, 0) is 48.7 Å². The Hall–Kier alpha value is -2.81. The van der Waals surface area contributed by atoms with E-state index in [4.69, 9.17) is 26.2 Å². The molecule has 9 heteroatoms. The second kappa shape index (κ2) is 9.60. The van der Waals surface area contributed by atoms with Crippen molar-refractivity contribution >= 4 is 29.2 Å². The topological polar surface area (TPSA) is 117 Å². The minimum atomic E-state index is -0.714. The number of anilines is 1. The van der Waals surface area contributed by atoms with Gasteiger partial charge in [-0.2, -0.15) is 0 Å². The fraction of sp³-hybridized carbons (Fsp3) is 0.300. The average molecular weight is 421 g/mol. The van der Waals surface area contributed by atoms with Gasteiger partial charge in [0.25, 0.3) is 5.91 Å². The molecule has 0 saturated heterocycles. The summed E-state index contributed by atoms with van der Waals surface area (Å²) in [5.74, 6) is 0.417. The predicted molar refractivity (Wildman–Crippen MR) is 107 cm³/mol. The molecule has 0 saturated carbocycles. The van der Waals surface area contributed by atoms with Crippen LogP contribution in [0, 0.1) is 0 Å². The van der Waals surface area contributed by atoms with Gasteiger partial charge >= 0.3 is 6.03 Å². The molecule has 0 aromatic heterocycles. The molecule has 154 valence electrons. The van der Waals surface area contributed by atoms with E-state index in [-0.39, 0.29) is 25.0 Å². The largest absolute Gasteiger partial charge is 0.486 e. The van der Waals surface area contributed by atoms with Crippen molar-refractivity contribution in [3.05, 3.63) is 52.5 Å². The zero-order valence-corrected chi connectivity index (χ0v) is 16.2. The predicted octanol–water partition coefficient (Wildman–Crippen LogP) is 2.36. The maximum atomic E-state index is 12.3. The molecule has 3 rings (SSSR count). The number of carbonyl (C=O) groups excluding carboxylic acids is 2. The first-order valence-corrected chi connectivity index (χ1v) is 9.43. The second-order valence-corrected chi connectivity index (χ2v) is 6.85. The number of benzene rings is 2. The normalized spacial score (nSPS) is 13.5. The molecule has 0 bridgehead atoms. The van der Waals surface area contributed by atoms with Gasteiger partial charge in [0, 0.05) is 22.9 Å². The first-order chi connectivity index (χ1) is 14.0. The van der Waals surface area contributed by atoms with Crippen molar-refractivity contribution in [2.24, 2.45) is 0 Å². The van der Waals surface area contributed by atoms with Crippen molar-refractivity contribution < 1.29 is 29.3 Å². The molecule has 29 heavy (non-hydrogen) atoms. The molecule has 2 aromatic rings. The molecule has 0 radical (unpaired) electrons. The van der Waals surface area contributed by atoms with Gasteiger partial charge in [-0.25, -0.2) is 4.79 Å². The fourth-order valence-electron chi connectivity index (χ4n) is 2.82. The Morgan fingerprint density at radius 1 is 1.10 bits per heavy atom. The summed E-state index contributed by atoms with van der Waals surface area (Å²) in [7, 11) is 0. The van der Waals surface area contributed by atoms with Crippen molar-refractivity contribution in [3.8, 4) is 11.5 Å². The standard InChI is InChI=1S/C20H21ClN2O6/c21-16-11-14(3-1-12(16)9-15(25)5-6-24)22-20(27)23-19(26)13-2-4-17-18(10-13)29-8-7-28-17/h1-4,10-11,15,24-25H,5-9H2,(H2,22,23,26,27). The molecule has 4 N–H and O–H groups in total. The van der Waals surface area contributed by atoms with Crippen LogP contribution < -0.4 is 20.1 Å². The molecule has 1 unspecified atom stereocenters. The smallest absolute Gasteiger partial charge is 0.326 e. The molecule has 0 fully saturated rings. The number of hydrogen-bond donors (Lipinski definition) is 4. The van der Waals surface area contributed by atoms with E-state index < -0.39 is 18.0 Å². The maximum absolute atomic E-state index is 12.3. The van der Waals surface area contributed by atoms with Crippen LogP contribution in [0.2, 0.25) is 5.02 Å². The maximum Gasteiger partial charge on any atom is 0.326 e. The quantitative estimate of drug-likeness (QED) is 0.570. The summed E-state index contributed by atoms with van der Waals surface area (Å²) < 4.78 is 10.8. The van der Waals surface area contributed by atoms with Gasteiger partial charge in [0.1, 0.15) is 13.2 Å². The summed E-state index contributed by atoms with van der Waals surface area (Å²) in [6.45, 7) is 0.727. The van der Waals surface area contributed by atoms with E-state index >= 15 is 0 Å².